The molecule has 1 aliphatic rings. The Balaban J connectivity index is 1.85. The van der Waals surface area contributed by atoms with Gasteiger partial charge in [0.1, 0.15) is 0 Å². The fourth-order valence-electron chi connectivity index (χ4n) is 1.80. The van der Waals surface area contributed by atoms with Crippen LogP contribution in [0, 0.1) is 0 Å². The van der Waals surface area contributed by atoms with Crippen LogP contribution in [-0.2, 0) is 9.53 Å². The van der Waals surface area contributed by atoms with Crippen molar-refractivity contribution < 1.29 is 9.53 Å². The van der Waals surface area contributed by atoms with Crippen molar-refractivity contribution >= 4 is 17.7 Å². The topological polar surface area (TPSA) is 41.6 Å². The maximum atomic E-state index is 11.1. The number of carbonyl (C=O) groups excluding carboxylic acids is 1. The highest BCUT2D eigenvalue weighted by Gasteiger charge is 2.08. The lowest BCUT2D eigenvalue weighted by Crippen LogP contribution is -2.34. The van der Waals surface area contributed by atoms with Crippen molar-refractivity contribution in [1.82, 2.24) is 10.2 Å². The van der Waals surface area contributed by atoms with Gasteiger partial charge < -0.3 is 15.0 Å². The first-order valence-corrected chi connectivity index (χ1v) is 7.65. The molecule has 0 aromatic rings. The molecule has 1 N–H and O–H groups in total. The normalized spacial score (nSPS) is 17.0. The molecule has 17 heavy (non-hydrogen) atoms. The maximum Gasteiger partial charge on any atom is 0.307 e. The predicted octanol–water partition coefficient (Wildman–Crippen LogP) is 0.968. The fourth-order valence-corrected chi connectivity index (χ4v) is 2.78. The second-order valence-electron chi connectivity index (χ2n) is 4.11. The summed E-state index contributed by atoms with van der Waals surface area (Å²) < 4.78 is 4.85. The summed E-state index contributed by atoms with van der Waals surface area (Å²) in [5.41, 5.74) is 0. The minimum atomic E-state index is -0.104. The zero-order valence-corrected chi connectivity index (χ0v) is 11.6. The van der Waals surface area contributed by atoms with Crippen molar-refractivity contribution in [3.8, 4) is 0 Å². The van der Waals surface area contributed by atoms with Crippen molar-refractivity contribution in [2.24, 2.45) is 0 Å². The number of nitrogens with zero attached hydrogens (tertiary/aromatic N) is 1. The Hall–Kier alpha value is -0.260. The molecule has 0 aromatic carbocycles. The van der Waals surface area contributed by atoms with Gasteiger partial charge in [-0.1, -0.05) is 0 Å². The van der Waals surface area contributed by atoms with Crippen LogP contribution in [0.4, 0.5) is 0 Å². The number of carbonyl (C=O) groups is 1. The van der Waals surface area contributed by atoms with Gasteiger partial charge in [0.15, 0.2) is 0 Å². The molecule has 0 saturated carbocycles. The van der Waals surface area contributed by atoms with E-state index in [1.54, 1.807) is 0 Å². The Morgan fingerprint density at radius 3 is 2.82 bits per heavy atom. The molecule has 5 heteroatoms. The molecular weight excluding hydrogens is 236 g/mol. The number of ether oxygens (including phenoxy) is 1. The molecule has 0 amide bonds. The van der Waals surface area contributed by atoms with Crippen molar-refractivity contribution in [2.45, 2.75) is 19.8 Å². The van der Waals surface area contributed by atoms with E-state index in [1.807, 2.05) is 18.7 Å². The average molecular weight is 260 g/mol. The van der Waals surface area contributed by atoms with Gasteiger partial charge in [-0.3, -0.25) is 4.79 Å². The van der Waals surface area contributed by atoms with E-state index in [1.165, 1.54) is 31.1 Å². The van der Waals surface area contributed by atoms with E-state index in [9.17, 15) is 4.79 Å². The molecule has 0 atom stereocenters. The molecule has 100 valence electrons. The molecule has 1 saturated heterocycles. The van der Waals surface area contributed by atoms with Crippen LogP contribution in [0.2, 0.25) is 0 Å². The highest BCUT2D eigenvalue weighted by molar-refractivity contribution is 7.99. The molecular formula is C12H24N2O2S. The molecule has 0 aromatic heterocycles. The summed E-state index contributed by atoms with van der Waals surface area (Å²) in [5, 5.41) is 3.28. The third-order valence-electron chi connectivity index (χ3n) is 2.74. The summed E-state index contributed by atoms with van der Waals surface area (Å²) in [7, 11) is 0. The number of esters is 1. The van der Waals surface area contributed by atoms with Gasteiger partial charge >= 0.3 is 5.97 Å². The summed E-state index contributed by atoms with van der Waals surface area (Å²) >= 11 is 2.05. The van der Waals surface area contributed by atoms with Gasteiger partial charge in [-0.25, -0.2) is 0 Å². The Morgan fingerprint density at radius 2 is 2.12 bits per heavy atom. The second kappa shape index (κ2) is 9.74. The predicted molar refractivity (Wildman–Crippen MR) is 72.5 cm³/mol. The van der Waals surface area contributed by atoms with Crippen LogP contribution in [0.15, 0.2) is 0 Å². The first-order chi connectivity index (χ1) is 8.33. The van der Waals surface area contributed by atoms with E-state index >= 15 is 0 Å². The van der Waals surface area contributed by atoms with Gasteiger partial charge in [-0.05, 0) is 26.4 Å². The Morgan fingerprint density at radius 1 is 1.35 bits per heavy atom. The number of hydrogen-bond donors (Lipinski definition) is 1. The lowest BCUT2D eigenvalue weighted by Gasteiger charge is -2.25. The molecule has 4 nitrogen and oxygen atoms in total. The van der Waals surface area contributed by atoms with E-state index in [4.69, 9.17) is 4.74 Å². The van der Waals surface area contributed by atoms with Gasteiger partial charge in [-0.2, -0.15) is 11.8 Å². The molecule has 0 bridgehead atoms. The number of thioether (sulfide) groups is 1. The quantitative estimate of drug-likeness (QED) is 0.520. The minimum Gasteiger partial charge on any atom is -0.466 e. The summed E-state index contributed by atoms with van der Waals surface area (Å²) in [6.07, 6.45) is 1.64. The van der Waals surface area contributed by atoms with Gasteiger partial charge in [-0.15, -0.1) is 0 Å². The first-order valence-electron chi connectivity index (χ1n) is 6.49. The van der Waals surface area contributed by atoms with Crippen molar-refractivity contribution in [3.05, 3.63) is 0 Å². The Kier molecular flexibility index (Phi) is 8.48. The van der Waals surface area contributed by atoms with Crippen LogP contribution < -0.4 is 5.32 Å². The highest BCUT2D eigenvalue weighted by Crippen LogP contribution is 2.08. The van der Waals surface area contributed by atoms with Crippen molar-refractivity contribution in [1.29, 1.82) is 0 Å². The summed E-state index contributed by atoms with van der Waals surface area (Å²) in [6.45, 7) is 7.67. The highest BCUT2D eigenvalue weighted by atomic mass is 32.2. The molecule has 0 radical (unpaired) electrons. The summed E-state index contributed by atoms with van der Waals surface area (Å²) in [4.78, 5) is 13.6. The van der Waals surface area contributed by atoms with Crippen molar-refractivity contribution in [2.75, 3.05) is 50.8 Å². The van der Waals surface area contributed by atoms with Crippen LogP contribution in [0.5, 0.6) is 0 Å². The fraction of sp³-hybridized carbons (Fsp3) is 0.917. The van der Waals surface area contributed by atoms with E-state index < -0.39 is 0 Å². The van der Waals surface area contributed by atoms with Crippen LogP contribution in [0.1, 0.15) is 19.8 Å². The molecule has 1 heterocycles. The third-order valence-corrected chi connectivity index (χ3v) is 3.69. The second-order valence-corrected chi connectivity index (χ2v) is 5.34. The molecule has 0 spiro atoms. The van der Waals surface area contributed by atoms with E-state index in [-0.39, 0.29) is 5.97 Å². The SMILES string of the molecule is CCOC(=O)CCNCCCN1CCSCC1. The molecule has 1 aliphatic heterocycles. The van der Waals surface area contributed by atoms with Crippen LogP contribution in [0.3, 0.4) is 0 Å². The van der Waals surface area contributed by atoms with Gasteiger partial charge in [0.05, 0.1) is 13.0 Å². The first kappa shape index (κ1) is 14.8. The smallest absolute Gasteiger partial charge is 0.307 e. The lowest BCUT2D eigenvalue weighted by atomic mass is 10.3. The Labute approximate surface area is 108 Å². The number of hydrogen-bond acceptors (Lipinski definition) is 5. The number of rotatable bonds is 8. The van der Waals surface area contributed by atoms with E-state index in [0.717, 1.165) is 19.5 Å². The zero-order chi connectivity index (χ0) is 12.3. The summed E-state index contributed by atoms with van der Waals surface area (Å²) in [6, 6.07) is 0. The van der Waals surface area contributed by atoms with E-state index in [0.29, 0.717) is 13.0 Å². The monoisotopic (exact) mass is 260 g/mol. The van der Waals surface area contributed by atoms with Crippen molar-refractivity contribution in [3.63, 3.8) is 0 Å². The maximum absolute atomic E-state index is 11.1. The molecule has 1 fully saturated rings. The van der Waals surface area contributed by atoms with Crippen LogP contribution in [-0.4, -0.2) is 61.7 Å². The molecule has 0 aliphatic carbocycles. The minimum absolute atomic E-state index is 0.104. The van der Waals surface area contributed by atoms with Gasteiger partial charge in [0, 0.05) is 31.1 Å². The third kappa shape index (κ3) is 7.63. The Bertz CT molecular complexity index is 209. The standard InChI is InChI=1S/C12H24N2O2S/c1-2-16-12(15)4-6-13-5-3-7-14-8-10-17-11-9-14/h13H,2-11H2,1H3. The lowest BCUT2D eigenvalue weighted by molar-refractivity contribution is -0.142. The molecule has 0 unspecified atom stereocenters. The zero-order valence-electron chi connectivity index (χ0n) is 10.7. The average Bonchev–Trinajstić information content (AvgIpc) is 2.35. The van der Waals surface area contributed by atoms with Crippen LogP contribution >= 0.6 is 11.8 Å². The van der Waals surface area contributed by atoms with Crippen LogP contribution in [0.25, 0.3) is 0 Å². The van der Waals surface area contributed by atoms with E-state index in [2.05, 4.69) is 10.2 Å². The van der Waals surface area contributed by atoms with Gasteiger partial charge in [0.2, 0.25) is 0 Å². The van der Waals surface area contributed by atoms with Gasteiger partial charge in [0.25, 0.3) is 0 Å². The molecule has 1 rings (SSSR count). The largest absolute Gasteiger partial charge is 0.466 e. The summed E-state index contributed by atoms with van der Waals surface area (Å²) in [5.74, 6) is 2.44. The number of nitrogens with one attached hydrogen (secondary N) is 1.